The Morgan fingerprint density at radius 2 is 1.95 bits per heavy atom. The molecule has 21 heavy (non-hydrogen) atoms. The first-order valence-electron chi connectivity index (χ1n) is 7.75. The monoisotopic (exact) mass is 283 g/mol. The lowest BCUT2D eigenvalue weighted by atomic mass is 10.1. The minimum atomic E-state index is 0.898. The molecule has 2 rings (SSSR count). The fourth-order valence-electron chi connectivity index (χ4n) is 2.45. The SMILES string of the molecule is CCCNCc1ccnc(N(CC)c2ccccc2C)c1. The van der Waals surface area contributed by atoms with Crippen LogP contribution in [0, 0.1) is 6.92 Å². The molecule has 1 N–H and O–H groups in total. The van der Waals surface area contributed by atoms with Gasteiger partial charge in [-0.1, -0.05) is 25.1 Å². The Labute approximate surface area is 128 Å². The predicted octanol–water partition coefficient (Wildman–Crippen LogP) is 4.05. The Bertz CT molecular complexity index is 566. The van der Waals surface area contributed by atoms with Gasteiger partial charge in [0.05, 0.1) is 0 Å². The quantitative estimate of drug-likeness (QED) is 0.777. The third-order valence-corrected chi connectivity index (χ3v) is 3.56. The second-order valence-electron chi connectivity index (χ2n) is 5.23. The van der Waals surface area contributed by atoms with Crippen molar-refractivity contribution in [3.63, 3.8) is 0 Å². The second-order valence-corrected chi connectivity index (χ2v) is 5.23. The zero-order chi connectivity index (χ0) is 15.1. The summed E-state index contributed by atoms with van der Waals surface area (Å²) < 4.78 is 0. The molecular weight excluding hydrogens is 258 g/mol. The molecule has 0 bridgehead atoms. The Kier molecular flexibility index (Phi) is 5.76. The topological polar surface area (TPSA) is 28.2 Å². The van der Waals surface area contributed by atoms with Crippen LogP contribution in [-0.4, -0.2) is 18.1 Å². The standard InChI is InChI=1S/C18H25N3/c1-4-11-19-14-16-10-12-20-18(13-16)21(5-2)17-9-7-6-8-15(17)3/h6-10,12-13,19H,4-5,11,14H2,1-3H3. The fourth-order valence-corrected chi connectivity index (χ4v) is 2.45. The molecule has 0 aliphatic rings. The van der Waals surface area contributed by atoms with E-state index in [1.54, 1.807) is 0 Å². The Morgan fingerprint density at radius 3 is 2.67 bits per heavy atom. The summed E-state index contributed by atoms with van der Waals surface area (Å²) in [6.45, 7) is 9.34. The second kappa shape index (κ2) is 7.79. The van der Waals surface area contributed by atoms with Crippen LogP contribution in [-0.2, 0) is 6.54 Å². The van der Waals surface area contributed by atoms with Crippen molar-refractivity contribution in [3.8, 4) is 0 Å². The van der Waals surface area contributed by atoms with Crippen LogP contribution < -0.4 is 10.2 Å². The van der Waals surface area contributed by atoms with Gasteiger partial charge in [-0.05, 0) is 56.1 Å². The van der Waals surface area contributed by atoms with Gasteiger partial charge in [-0.3, -0.25) is 0 Å². The minimum Gasteiger partial charge on any atom is -0.326 e. The molecule has 0 aliphatic carbocycles. The van der Waals surface area contributed by atoms with Gasteiger partial charge in [0, 0.05) is 25.0 Å². The third-order valence-electron chi connectivity index (χ3n) is 3.56. The van der Waals surface area contributed by atoms with Gasteiger partial charge in [-0.15, -0.1) is 0 Å². The Hall–Kier alpha value is -1.87. The molecule has 2 aromatic rings. The van der Waals surface area contributed by atoms with Crippen molar-refractivity contribution >= 4 is 11.5 Å². The zero-order valence-electron chi connectivity index (χ0n) is 13.3. The van der Waals surface area contributed by atoms with Crippen LogP contribution in [0.1, 0.15) is 31.4 Å². The summed E-state index contributed by atoms with van der Waals surface area (Å²) in [5.41, 5.74) is 3.78. The summed E-state index contributed by atoms with van der Waals surface area (Å²) in [5.74, 6) is 1.02. The molecule has 0 aliphatic heterocycles. The Balaban J connectivity index is 2.22. The minimum absolute atomic E-state index is 0.898. The van der Waals surface area contributed by atoms with Gasteiger partial charge in [0.25, 0.3) is 0 Å². The number of rotatable bonds is 7. The first-order chi connectivity index (χ1) is 10.3. The van der Waals surface area contributed by atoms with Crippen molar-refractivity contribution in [2.45, 2.75) is 33.7 Å². The maximum absolute atomic E-state index is 4.55. The van der Waals surface area contributed by atoms with Gasteiger partial charge < -0.3 is 10.2 Å². The number of hydrogen-bond donors (Lipinski definition) is 1. The first kappa shape index (κ1) is 15.5. The molecule has 1 aromatic heterocycles. The number of para-hydroxylation sites is 1. The van der Waals surface area contributed by atoms with Gasteiger partial charge in [-0.25, -0.2) is 4.98 Å². The van der Waals surface area contributed by atoms with Crippen LogP contribution in [0.3, 0.4) is 0 Å². The number of pyridine rings is 1. The maximum atomic E-state index is 4.55. The van der Waals surface area contributed by atoms with E-state index in [9.17, 15) is 0 Å². The number of benzene rings is 1. The van der Waals surface area contributed by atoms with E-state index in [-0.39, 0.29) is 0 Å². The highest BCUT2D eigenvalue weighted by atomic mass is 15.2. The number of aromatic nitrogens is 1. The summed E-state index contributed by atoms with van der Waals surface area (Å²) in [5, 5.41) is 3.44. The predicted molar refractivity (Wildman–Crippen MR) is 90.1 cm³/mol. The number of anilines is 2. The van der Waals surface area contributed by atoms with Gasteiger partial charge in [0.15, 0.2) is 0 Å². The number of nitrogens with one attached hydrogen (secondary N) is 1. The molecule has 112 valence electrons. The zero-order valence-corrected chi connectivity index (χ0v) is 13.3. The van der Waals surface area contributed by atoms with Crippen molar-refractivity contribution in [2.24, 2.45) is 0 Å². The van der Waals surface area contributed by atoms with Crippen molar-refractivity contribution in [2.75, 3.05) is 18.0 Å². The van der Waals surface area contributed by atoms with Crippen LogP contribution in [0.25, 0.3) is 0 Å². The van der Waals surface area contributed by atoms with Crippen LogP contribution >= 0.6 is 0 Å². The van der Waals surface area contributed by atoms with Crippen LogP contribution in [0.4, 0.5) is 11.5 Å². The molecule has 1 aromatic carbocycles. The third kappa shape index (κ3) is 4.05. The first-order valence-corrected chi connectivity index (χ1v) is 7.75. The molecule has 0 saturated carbocycles. The van der Waals surface area contributed by atoms with Crippen molar-refractivity contribution in [1.29, 1.82) is 0 Å². The smallest absolute Gasteiger partial charge is 0.133 e. The molecule has 0 radical (unpaired) electrons. The van der Waals surface area contributed by atoms with E-state index < -0.39 is 0 Å². The summed E-state index contributed by atoms with van der Waals surface area (Å²) in [7, 11) is 0. The molecule has 0 fully saturated rings. The molecule has 0 atom stereocenters. The van der Waals surface area contributed by atoms with Crippen LogP contribution in [0.5, 0.6) is 0 Å². The normalized spacial score (nSPS) is 10.6. The lowest BCUT2D eigenvalue weighted by Gasteiger charge is -2.24. The summed E-state index contributed by atoms with van der Waals surface area (Å²) >= 11 is 0. The van der Waals surface area contributed by atoms with E-state index in [1.165, 1.54) is 16.8 Å². The molecule has 0 unspecified atom stereocenters. The number of nitrogens with zero attached hydrogens (tertiary/aromatic N) is 2. The van der Waals surface area contributed by atoms with E-state index in [1.807, 2.05) is 6.20 Å². The summed E-state index contributed by atoms with van der Waals surface area (Å²) in [6, 6.07) is 12.7. The van der Waals surface area contributed by atoms with E-state index in [4.69, 9.17) is 0 Å². The van der Waals surface area contributed by atoms with Crippen molar-refractivity contribution in [3.05, 3.63) is 53.7 Å². The lowest BCUT2D eigenvalue weighted by Crippen LogP contribution is -2.19. The number of aryl methyl sites for hydroxylation is 1. The molecule has 3 heteroatoms. The highest BCUT2D eigenvalue weighted by Crippen LogP contribution is 2.26. The highest BCUT2D eigenvalue weighted by molar-refractivity contribution is 5.63. The lowest BCUT2D eigenvalue weighted by molar-refractivity contribution is 0.675. The van der Waals surface area contributed by atoms with E-state index in [0.29, 0.717) is 0 Å². The van der Waals surface area contributed by atoms with Crippen molar-refractivity contribution < 1.29 is 0 Å². The average Bonchev–Trinajstić information content (AvgIpc) is 2.51. The van der Waals surface area contributed by atoms with Gasteiger partial charge >= 0.3 is 0 Å². The number of hydrogen-bond acceptors (Lipinski definition) is 3. The molecule has 0 amide bonds. The molecule has 0 saturated heterocycles. The highest BCUT2D eigenvalue weighted by Gasteiger charge is 2.11. The summed E-state index contributed by atoms with van der Waals surface area (Å²) in [6.07, 6.45) is 3.06. The molecule has 3 nitrogen and oxygen atoms in total. The fraction of sp³-hybridized carbons (Fsp3) is 0.389. The molecular formula is C18H25N3. The summed E-state index contributed by atoms with van der Waals surface area (Å²) in [4.78, 5) is 6.82. The molecule has 0 spiro atoms. The maximum Gasteiger partial charge on any atom is 0.133 e. The van der Waals surface area contributed by atoms with E-state index in [0.717, 1.165) is 31.9 Å². The van der Waals surface area contributed by atoms with E-state index >= 15 is 0 Å². The van der Waals surface area contributed by atoms with Crippen molar-refractivity contribution in [1.82, 2.24) is 10.3 Å². The molecule has 1 heterocycles. The Morgan fingerprint density at radius 1 is 1.14 bits per heavy atom. The van der Waals surface area contributed by atoms with Gasteiger partial charge in [0.1, 0.15) is 5.82 Å². The van der Waals surface area contributed by atoms with Gasteiger partial charge in [0.2, 0.25) is 0 Å². The van der Waals surface area contributed by atoms with E-state index in [2.05, 4.69) is 72.4 Å². The van der Waals surface area contributed by atoms with Crippen LogP contribution in [0.15, 0.2) is 42.6 Å². The largest absolute Gasteiger partial charge is 0.326 e. The van der Waals surface area contributed by atoms with Crippen LogP contribution in [0.2, 0.25) is 0 Å². The van der Waals surface area contributed by atoms with Gasteiger partial charge in [-0.2, -0.15) is 0 Å². The average molecular weight is 283 g/mol.